The number of aromatic nitrogens is 2. The first-order chi connectivity index (χ1) is 9.15. The van der Waals surface area contributed by atoms with E-state index in [0.29, 0.717) is 22.1 Å². The van der Waals surface area contributed by atoms with E-state index in [9.17, 15) is 9.59 Å². The first-order valence-electron chi connectivity index (χ1n) is 5.42. The van der Waals surface area contributed by atoms with E-state index in [-0.39, 0.29) is 5.91 Å². The molecule has 0 aliphatic heterocycles. The maximum atomic E-state index is 11.8. The summed E-state index contributed by atoms with van der Waals surface area (Å²) in [6.45, 7) is 0.323. The molecule has 2 heterocycles. The Hall–Kier alpha value is -2.41. The first-order valence-corrected chi connectivity index (χ1v) is 6.24. The number of carboxylic acid groups (broad SMARTS) is 1. The van der Waals surface area contributed by atoms with E-state index < -0.39 is 5.97 Å². The van der Waals surface area contributed by atoms with E-state index in [1.165, 1.54) is 17.4 Å². The Balaban J connectivity index is 1.94. The second-order valence-corrected chi connectivity index (χ2v) is 4.71. The van der Waals surface area contributed by atoms with Crippen LogP contribution in [0.25, 0.3) is 6.08 Å². The van der Waals surface area contributed by atoms with Crippen molar-refractivity contribution in [3.8, 4) is 0 Å². The van der Waals surface area contributed by atoms with Crippen LogP contribution in [-0.4, -0.2) is 27.0 Å². The molecule has 0 saturated heterocycles. The molecule has 0 aromatic carbocycles. The van der Waals surface area contributed by atoms with E-state index in [0.717, 1.165) is 6.08 Å². The van der Waals surface area contributed by atoms with Crippen molar-refractivity contribution in [2.24, 2.45) is 0 Å². The van der Waals surface area contributed by atoms with Crippen molar-refractivity contribution >= 4 is 29.3 Å². The fourth-order valence-electron chi connectivity index (χ4n) is 1.36. The molecule has 0 fully saturated rings. The van der Waals surface area contributed by atoms with Crippen molar-refractivity contribution in [2.45, 2.75) is 6.54 Å². The Bertz CT molecular complexity index is 602. The summed E-state index contributed by atoms with van der Waals surface area (Å²) in [4.78, 5) is 30.3. The number of imidazole rings is 1. The van der Waals surface area contributed by atoms with Crippen LogP contribution >= 0.6 is 11.3 Å². The monoisotopic (exact) mass is 277 g/mol. The van der Waals surface area contributed by atoms with Gasteiger partial charge < -0.3 is 15.4 Å². The standard InChI is InChI=1S/C12H11N3O3S/c16-11(17)4-2-8-1-3-9(19-8)12(18)15-7-10-13-5-6-14-10/h1-6H,7H2,(H,13,14)(H,15,18)(H,16,17). The molecule has 6 nitrogen and oxygen atoms in total. The SMILES string of the molecule is O=C(O)C=Cc1ccc(C(=O)NCc2ncc[nH]2)s1. The number of carbonyl (C=O) groups is 2. The highest BCUT2D eigenvalue weighted by Gasteiger charge is 2.08. The predicted molar refractivity (Wildman–Crippen MR) is 70.7 cm³/mol. The third-order valence-corrected chi connectivity index (χ3v) is 3.26. The maximum absolute atomic E-state index is 11.8. The fourth-order valence-corrected chi connectivity index (χ4v) is 2.19. The summed E-state index contributed by atoms with van der Waals surface area (Å²) in [5, 5.41) is 11.2. The Morgan fingerprint density at radius 3 is 3.00 bits per heavy atom. The van der Waals surface area contributed by atoms with Crippen LogP contribution in [0.3, 0.4) is 0 Å². The molecule has 0 bridgehead atoms. The molecule has 2 aromatic heterocycles. The number of thiophene rings is 1. The van der Waals surface area contributed by atoms with E-state index >= 15 is 0 Å². The predicted octanol–water partition coefficient (Wildman–Crippen LogP) is 1.50. The number of hydrogen-bond acceptors (Lipinski definition) is 4. The van der Waals surface area contributed by atoms with E-state index in [2.05, 4.69) is 15.3 Å². The van der Waals surface area contributed by atoms with Crippen LogP contribution < -0.4 is 5.32 Å². The van der Waals surface area contributed by atoms with Crippen molar-refractivity contribution < 1.29 is 14.7 Å². The minimum atomic E-state index is -1.02. The number of hydrogen-bond donors (Lipinski definition) is 3. The highest BCUT2D eigenvalue weighted by Crippen LogP contribution is 2.17. The lowest BCUT2D eigenvalue weighted by Gasteiger charge is -2.00. The number of amides is 1. The highest BCUT2D eigenvalue weighted by atomic mass is 32.1. The summed E-state index contributed by atoms with van der Waals surface area (Å²) in [6.07, 6.45) is 5.79. The number of carbonyl (C=O) groups excluding carboxylic acids is 1. The third-order valence-electron chi connectivity index (χ3n) is 2.21. The largest absolute Gasteiger partial charge is 0.478 e. The average molecular weight is 277 g/mol. The highest BCUT2D eigenvalue weighted by molar-refractivity contribution is 7.14. The van der Waals surface area contributed by atoms with Crippen molar-refractivity contribution in [1.29, 1.82) is 0 Å². The molecule has 0 saturated carbocycles. The molecule has 98 valence electrons. The van der Waals surface area contributed by atoms with Gasteiger partial charge in [0.1, 0.15) is 5.82 Å². The fraction of sp³-hybridized carbons (Fsp3) is 0.0833. The van der Waals surface area contributed by atoms with Gasteiger partial charge in [-0.05, 0) is 18.2 Å². The van der Waals surface area contributed by atoms with Crippen LogP contribution in [0.4, 0.5) is 0 Å². The Labute approximate surface area is 112 Å². The van der Waals surface area contributed by atoms with Gasteiger partial charge in [0.2, 0.25) is 0 Å². The molecule has 0 radical (unpaired) electrons. The zero-order valence-corrected chi connectivity index (χ0v) is 10.6. The van der Waals surface area contributed by atoms with Gasteiger partial charge in [0, 0.05) is 23.3 Å². The number of nitrogens with one attached hydrogen (secondary N) is 2. The molecular formula is C12H11N3O3S. The summed E-state index contributed by atoms with van der Waals surface area (Å²) in [7, 11) is 0. The summed E-state index contributed by atoms with van der Waals surface area (Å²) in [6, 6.07) is 3.36. The van der Waals surface area contributed by atoms with Gasteiger partial charge in [0.25, 0.3) is 5.91 Å². The van der Waals surface area contributed by atoms with Gasteiger partial charge in [0.05, 0.1) is 11.4 Å². The van der Waals surface area contributed by atoms with Gasteiger partial charge in [-0.1, -0.05) is 0 Å². The molecule has 0 unspecified atom stereocenters. The molecule has 0 aliphatic rings. The van der Waals surface area contributed by atoms with Gasteiger partial charge in [-0.2, -0.15) is 0 Å². The van der Waals surface area contributed by atoms with E-state index in [1.54, 1.807) is 24.5 Å². The molecule has 2 rings (SSSR count). The van der Waals surface area contributed by atoms with Crippen LogP contribution in [0, 0.1) is 0 Å². The molecular weight excluding hydrogens is 266 g/mol. The topological polar surface area (TPSA) is 95.1 Å². The van der Waals surface area contributed by atoms with E-state index in [4.69, 9.17) is 5.11 Å². The quantitative estimate of drug-likeness (QED) is 0.722. The molecule has 0 spiro atoms. The van der Waals surface area contributed by atoms with E-state index in [1.807, 2.05) is 0 Å². The Kier molecular flexibility index (Phi) is 4.09. The molecule has 7 heteroatoms. The lowest BCUT2D eigenvalue weighted by atomic mass is 10.4. The van der Waals surface area contributed by atoms with Crippen molar-refractivity contribution in [2.75, 3.05) is 0 Å². The lowest BCUT2D eigenvalue weighted by molar-refractivity contribution is -0.131. The van der Waals surface area contributed by atoms with Gasteiger partial charge in [-0.3, -0.25) is 4.79 Å². The zero-order valence-electron chi connectivity index (χ0n) is 9.79. The van der Waals surface area contributed by atoms with Crippen LogP contribution in [0.1, 0.15) is 20.4 Å². The second-order valence-electron chi connectivity index (χ2n) is 3.59. The first kappa shape index (κ1) is 13.0. The van der Waals surface area contributed by atoms with Gasteiger partial charge in [0.15, 0.2) is 0 Å². The number of H-pyrrole nitrogens is 1. The number of aliphatic carboxylic acids is 1. The van der Waals surface area contributed by atoms with Gasteiger partial charge in [-0.25, -0.2) is 9.78 Å². The maximum Gasteiger partial charge on any atom is 0.328 e. The van der Waals surface area contributed by atoms with Crippen LogP contribution in [0.2, 0.25) is 0 Å². The van der Waals surface area contributed by atoms with Crippen molar-refractivity contribution in [1.82, 2.24) is 15.3 Å². The molecule has 0 atom stereocenters. The summed E-state index contributed by atoms with van der Waals surface area (Å²) in [5.41, 5.74) is 0. The lowest BCUT2D eigenvalue weighted by Crippen LogP contribution is -2.22. The zero-order chi connectivity index (χ0) is 13.7. The van der Waals surface area contributed by atoms with Crippen LogP contribution in [0.15, 0.2) is 30.6 Å². The number of nitrogens with zero attached hydrogens (tertiary/aromatic N) is 1. The smallest absolute Gasteiger partial charge is 0.328 e. The van der Waals surface area contributed by atoms with Crippen molar-refractivity contribution in [3.63, 3.8) is 0 Å². The number of rotatable bonds is 5. The second kappa shape index (κ2) is 5.96. The Morgan fingerprint density at radius 2 is 2.32 bits per heavy atom. The van der Waals surface area contributed by atoms with Crippen LogP contribution in [0.5, 0.6) is 0 Å². The summed E-state index contributed by atoms with van der Waals surface area (Å²) >= 11 is 1.23. The van der Waals surface area contributed by atoms with Crippen molar-refractivity contribution in [3.05, 3.63) is 46.2 Å². The van der Waals surface area contributed by atoms with Crippen LogP contribution in [-0.2, 0) is 11.3 Å². The molecule has 19 heavy (non-hydrogen) atoms. The number of carboxylic acids is 1. The normalized spacial score (nSPS) is 10.7. The molecule has 3 N–H and O–H groups in total. The number of aromatic amines is 1. The molecule has 1 amide bonds. The average Bonchev–Trinajstić information content (AvgIpc) is 3.04. The van der Waals surface area contributed by atoms with Gasteiger partial charge >= 0.3 is 5.97 Å². The summed E-state index contributed by atoms with van der Waals surface area (Å²) in [5.74, 6) is -0.551. The van der Waals surface area contributed by atoms with Gasteiger partial charge in [-0.15, -0.1) is 11.3 Å². The summed E-state index contributed by atoms with van der Waals surface area (Å²) < 4.78 is 0. The molecule has 2 aromatic rings. The third kappa shape index (κ3) is 3.78. The Morgan fingerprint density at radius 1 is 1.47 bits per heavy atom. The minimum absolute atomic E-state index is 0.212. The molecule has 0 aliphatic carbocycles. The minimum Gasteiger partial charge on any atom is -0.478 e.